The summed E-state index contributed by atoms with van der Waals surface area (Å²) in [6, 6.07) is 7.49. The van der Waals surface area contributed by atoms with Crippen LogP contribution in [0.4, 0.5) is 18.9 Å². The van der Waals surface area contributed by atoms with Gasteiger partial charge in [-0.2, -0.15) is 0 Å². The lowest BCUT2D eigenvalue weighted by molar-refractivity contribution is -0.274. The minimum Gasteiger partial charge on any atom is -0.467 e. The van der Waals surface area contributed by atoms with Crippen LogP contribution < -0.4 is 10.1 Å². The average molecular weight is 271 g/mol. The van der Waals surface area contributed by atoms with Crippen LogP contribution in [-0.4, -0.2) is 6.36 Å². The van der Waals surface area contributed by atoms with Gasteiger partial charge in [-0.25, -0.2) is 0 Å². The summed E-state index contributed by atoms with van der Waals surface area (Å²) >= 11 is 0. The first kappa shape index (κ1) is 13.3. The normalized spacial score (nSPS) is 11.4. The van der Waals surface area contributed by atoms with Crippen molar-refractivity contribution in [2.45, 2.75) is 19.8 Å². The molecule has 3 nitrogen and oxygen atoms in total. The van der Waals surface area contributed by atoms with Gasteiger partial charge in [0.2, 0.25) is 0 Å². The van der Waals surface area contributed by atoms with E-state index in [1.54, 1.807) is 12.3 Å². The summed E-state index contributed by atoms with van der Waals surface area (Å²) in [6.07, 6.45) is -3.12. The molecular weight excluding hydrogens is 259 g/mol. The Hall–Kier alpha value is -2.11. The highest BCUT2D eigenvalue weighted by molar-refractivity contribution is 5.48. The second-order valence-electron chi connectivity index (χ2n) is 3.96. The molecule has 0 aliphatic carbocycles. The van der Waals surface area contributed by atoms with Crippen LogP contribution in [-0.2, 0) is 6.54 Å². The highest BCUT2D eigenvalue weighted by Gasteiger charge is 2.31. The van der Waals surface area contributed by atoms with Gasteiger partial charge < -0.3 is 14.5 Å². The quantitative estimate of drug-likeness (QED) is 0.909. The van der Waals surface area contributed by atoms with Gasteiger partial charge in [-0.05, 0) is 30.7 Å². The number of anilines is 1. The third-order valence-corrected chi connectivity index (χ3v) is 2.49. The van der Waals surface area contributed by atoms with Crippen LogP contribution in [0.1, 0.15) is 11.3 Å². The predicted octanol–water partition coefficient (Wildman–Crippen LogP) is 4.10. The molecule has 0 saturated heterocycles. The number of nitrogens with one attached hydrogen (secondary N) is 1. The highest BCUT2D eigenvalue weighted by atomic mass is 19.4. The first-order valence-corrected chi connectivity index (χ1v) is 5.57. The van der Waals surface area contributed by atoms with Crippen LogP contribution >= 0.6 is 0 Å². The van der Waals surface area contributed by atoms with E-state index in [0.29, 0.717) is 12.2 Å². The summed E-state index contributed by atoms with van der Waals surface area (Å²) < 4.78 is 45.3. The molecule has 1 N–H and O–H groups in total. The maximum Gasteiger partial charge on any atom is 0.573 e. The molecule has 19 heavy (non-hydrogen) atoms. The van der Waals surface area contributed by atoms with Crippen molar-refractivity contribution in [1.29, 1.82) is 0 Å². The van der Waals surface area contributed by atoms with Gasteiger partial charge in [0.25, 0.3) is 0 Å². The second kappa shape index (κ2) is 5.26. The smallest absolute Gasteiger partial charge is 0.467 e. The summed E-state index contributed by atoms with van der Waals surface area (Å²) in [5.74, 6) is 0.482. The third-order valence-electron chi connectivity index (χ3n) is 2.49. The molecule has 0 saturated carbocycles. The second-order valence-corrected chi connectivity index (χ2v) is 3.96. The van der Waals surface area contributed by atoms with Crippen LogP contribution in [0.15, 0.2) is 41.0 Å². The molecule has 0 atom stereocenters. The SMILES string of the molecule is Cc1ccoc1CNc1cccc(OC(F)(F)F)c1. The Morgan fingerprint density at radius 1 is 1.26 bits per heavy atom. The number of alkyl halides is 3. The largest absolute Gasteiger partial charge is 0.573 e. The molecule has 0 amide bonds. The Kier molecular flexibility index (Phi) is 3.69. The van der Waals surface area contributed by atoms with Crippen LogP contribution in [0.25, 0.3) is 0 Å². The molecule has 1 aromatic heterocycles. The molecule has 1 heterocycles. The molecule has 0 radical (unpaired) electrons. The number of ether oxygens (including phenoxy) is 1. The van der Waals surface area contributed by atoms with Gasteiger partial charge in [0, 0.05) is 11.8 Å². The van der Waals surface area contributed by atoms with E-state index < -0.39 is 6.36 Å². The molecule has 0 unspecified atom stereocenters. The summed E-state index contributed by atoms with van der Waals surface area (Å²) in [4.78, 5) is 0. The molecule has 0 bridgehead atoms. The molecule has 0 fully saturated rings. The van der Waals surface area contributed by atoms with E-state index in [2.05, 4.69) is 10.1 Å². The zero-order valence-corrected chi connectivity index (χ0v) is 10.1. The standard InChI is InChI=1S/C13H12F3NO2/c1-9-5-6-18-12(9)8-17-10-3-2-4-11(7-10)19-13(14,15)16/h2-7,17H,8H2,1H3. The summed E-state index contributed by atoms with van der Waals surface area (Å²) in [7, 11) is 0. The first-order chi connectivity index (χ1) is 8.94. The molecular formula is C13H12F3NO2. The fourth-order valence-corrected chi connectivity index (χ4v) is 1.57. The Bertz CT molecular complexity index is 549. The molecule has 0 aliphatic heterocycles. The van der Waals surface area contributed by atoms with E-state index in [-0.39, 0.29) is 5.75 Å². The van der Waals surface area contributed by atoms with E-state index in [1.165, 1.54) is 18.2 Å². The number of hydrogen-bond donors (Lipinski definition) is 1. The summed E-state index contributed by atoms with van der Waals surface area (Å²) in [5.41, 5.74) is 1.51. The number of furan rings is 1. The Labute approximate surface area is 108 Å². The van der Waals surface area contributed by atoms with Crippen molar-refractivity contribution in [1.82, 2.24) is 0 Å². The molecule has 6 heteroatoms. The van der Waals surface area contributed by atoms with E-state index >= 15 is 0 Å². The van der Waals surface area contributed by atoms with Crippen molar-refractivity contribution in [2.24, 2.45) is 0 Å². The number of hydrogen-bond acceptors (Lipinski definition) is 3. The van der Waals surface area contributed by atoms with E-state index in [9.17, 15) is 13.2 Å². The zero-order valence-electron chi connectivity index (χ0n) is 10.1. The van der Waals surface area contributed by atoms with Crippen LogP contribution in [0.3, 0.4) is 0 Å². The summed E-state index contributed by atoms with van der Waals surface area (Å²) in [6.45, 7) is 2.29. The van der Waals surface area contributed by atoms with E-state index in [4.69, 9.17) is 4.42 Å². The Morgan fingerprint density at radius 2 is 2.05 bits per heavy atom. The number of benzene rings is 1. The van der Waals surface area contributed by atoms with Gasteiger partial charge >= 0.3 is 6.36 Å². The molecule has 1 aromatic carbocycles. The highest BCUT2D eigenvalue weighted by Crippen LogP contribution is 2.25. The lowest BCUT2D eigenvalue weighted by Gasteiger charge is -2.11. The first-order valence-electron chi connectivity index (χ1n) is 5.57. The Balaban J connectivity index is 2.01. The minimum absolute atomic E-state index is 0.256. The molecule has 2 aromatic rings. The fourth-order valence-electron chi connectivity index (χ4n) is 1.57. The fraction of sp³-hybridized carbons (Fsp3) is 0.231. The molecule has 0 aliphatic rings. The Morgan fingerprint density at radius 3 is 2.68 bits per heavy atom. The van der Waals surface area contributed by atoms with Crippen molar-refractivity contribution in [3.63, 3.8) is 0 Å². The predicted molar refractivity (Wildman–Crippen MR) is 63.9 cm³/mol. The molecule has 2 rings (SSSR count). The maximum atomic E-state index is 12.1. The van der Waals surface area contributed by atoms with Crippen LogP contribution in [0.5, 0.6) is 5.75 Å². The number of halogens is 3. The van der Waals surface area contributed by atoms with Gasteiger partial charge in [0.05, 0.1) is 12.8 Å². The lowest BCUT2D eigenvalue weighted by Crippen LogP contribution is -2.17. The van der Waals surface area contributed by atoms with Crippen LogP contribution in [0, 0.1) is 6.92 Å². The third kappa shape index (κ3) is 3.94. The van der Waals surface area contributed by atoms with Crippen molar-refractivity contribution >= 4 is 5.69 Å². The maximum absolute atomic E-state index is 12.1. The van der Waals surface area contributed by atoms with Crippen molar-refractivity contribution in [3.05, 3.63) is 47.9 Å². The van der Waals surface area contributed by atoms with Crippen molar-refractivity contribution in [3.8, 4) is 5.75 Å². The van der Waals surface area contributed by atoms with Gasteiger partial charge in [-0.1, -0.05) is 6.07 Å². The van der Waals surface area contributed by atoms with Gasteiger partial charge in [0.15, 0.2) is 0 Å². The molecule has 0 spiro atoms. The van der Waals surface area contributed by atoms with E-state index in [1.807, 2.05) is 13.0 Å². The number of aryl methyl sites for hydroxylation is 1. The average Bonchev–Trinajstić information content (AvgIpc) is 2.70. The van der Waals surface area contributed by atoms with E-state index in [0.717, 1.165) is 11.3 Å². The minimum atomic E-state index is -4.68. The summed E-state index contributed by atoms with van der Waals surface area (Å²) in [5, 5.41) is 2.97. The van der Waals surface area contributed by atoms with Gasteiger partial charge in [-0.3, -0.25) is 0 Å². The topological polar surface area (TPSA) is 34.4 Å². The zero-order chi connectivity index (χ0) is 13.9. The van der Waals surface area contributed by atoms with Crippen molar-refractivity contribution < 1.29 is 22.3 Å². The van der Waals surface area contributed by atoms with Gasteiger partial charge in [0.1, 0.15) is 11.5 Å². The molecule has 102 valence electrons. The van der Waals surface area contributed by atoms with Crippen LogP contribution in [0.2, 0.25) is 0 Å². The van der Waals surface area contributed by atoms with Gasteiger partial charge in [-0.15, -0.1) is 13.2 Å². The van der Waals surface area contributed by atoms with Crippen molar-refractivity contribution in [2.75, 3.05) is 5.32 Å². The monoisotopic (exact) mass is 271 g/mol. The lowest BCUT2D eigenvalue weighted by atomic mass is 10.2. The number of rotatable bonds is 4.